The van der Waals surface area contributed by atoms with Gasteiger partial charge in [-0.2, -0.15) is 0 Å². The minimum atomic E-state index is -0.0816. The fraction of sp³-hybridized carbons (Fsp3) is 0.529. The van der Waals surface area contributed by atoms with Gasteiger partial charge in [0.2, 0.25) is 11.8 Å². The molecule has 130 valence electrons. The first-order valence-electron chi connectivity index (χ1n) is 8.27. The van der Waals surface area contributed by atoms with Gasteiger partial charge in [0, 0.05) is 37.7 Å². The minimum Gasteiger partial charge on any atom is -0.495 e. The Bertz CT molecular complexity index is 614. The summed E-state index contributed by atoms with van der Waals surface area (Å²) in [5.74, 6) is 0.632. The van der Waals surface area contributed by atoms with Crippen LogP contribution in [0.5, 0.6) is 5.75 Å². The number of carbonyl (C=O) groups is 2. The Morgan fingerprint density at radius 1 is 1.50 bits per heavy atom. The van der Waals surface area contributed by atoms with Crippen molar-refractivity contribution in [1.29, 1.82) is 0 Å². The fourth-order valence-corrected chi connectivity index (χ4v) is 3.07. The van der Waals surface area contributed by atoms with Gasteiger partial charge in [-0.1, -0.05) is 0 Å². The summed E-state index contributed by atoms with van der Waals surface area (Å²) in [5.41, 5.74) is 1.36. The summed E-state index contributed by atoms with van der Waals surface area (Å²) in [6.07, 6.45) is 1.74. The molecule has 3 rings (SSSR count). The molecule has 0 aromatic heterocycles. The molecular formula is C17H23N3O4. The van der Waals surface area contributed by atoms with Crippen LogP contribution in [0.4, 0.5) is 11.4 Å². The minimum absolute atomic E-state index is 0.0385. The second kappa shape index (κ2) is 7.63. The van der Waals surface area contributed by atoms with Gasteiger partial charge in [0.05, 0.1) is 26.0 Å². The van der Waals surface area contributed by atoms with Crippen LogP contribution in [0, 0.1) is 0 Å². The maximum Gasteiger partial charge on any atom is 0.227 e. The van der Waals surface area contributed by atoms with E-state index in [4.69, 9.17) is 9.47 Å². The number of rotatable bonds is 5. The van der Waals surface area contributed by atoms with Gasteiger partial charge < -0.3 is 25.0 Å². The van der Waals surface area contributed by atoms with E-state index >= 15 is 0 Å². The van der Waals surface area contributed by atoms with E-state index in [2.05, 4.69) is 10.6 Å². The number of morpholine rings is 1. The summed E-state index contributed by atoms with van der Waals surface area (Å²) < 4.78 is 10.7. The molecule has 1 unspecified atom stereocenters. The van der Waals surface area contributed by atoms with Crippen LogP contribution in [0.3, 0.4) is 0 Å². The van der Waals surface area contributed by atoms with Crippen molar-refractivity contribution in [1.82, 2.24) is 5.32 Å². The van der Waals surface area contributed by atoms with E-state index in [-0.39, 0.29) is 17.9 Å². The molecule has 7 nitrogen and oxygen atoms in total. The maximum atomic E-state index is 12.2. The molecule has 1 atom stereocenters. The molecule has 0 spiro atoms. The van der Waals surface area contributed by atoms with E-state index in [0.717, 1.165) is 13.0 Å². The first-order valence-corrected chi connectivity index (χ1v) is 8.27. The van der Waals surface area contributed by atoms with Crippen LogP contribution < -0.4 is 20.3 Å². The molecule has 0 bridgehead atoms. The van der Waals surface area contributed by atoms with E-state index < -0.39 is 0 Å². The van der Waals surface area contributed by atoms with E-state index in [1.54, 1.807) is 30.2 Å². The molecule has 0 saturated carbocycles. The molecule has 1 aromatic carbocycles. The lowest BCUT2D eigenvalue weighted by Crippen LogP contribution is -2.43. The fourth-order valence-electron chi connectivity index (χ4n) is 3.07. The predicted molar refractivity (Wildman–Crippen MR) is 90.4 cm³/mol. The predicted octanol–water partition coefficient (Wildman–Crippen LogP) is 1.14. The Morgan fingerprint density at radius 3 is 3.04 bits per heavy atom. The molecule has 24 heavy (non-hydrogen) atoms. The van der Waals surface area contributed by atoms with Crippen molar-refractivity contribution in [3.8, 4) is 5.75 Å². The molecule has 2 aliphatic rings. The zero-order valence-corrected chi connectivity index (χ0v) is 13.8. The summed E-state index contributed by atoms with van der Waals surface area (Å²) in [7, 11) is 1.58. The van der Waals surface area contributed by atoms with E-state index in [1.165, 1.54) is 0 Å². The SMILES string of the molecule is COc1ccc(NC(=O)CC2COCCN2)cc1N1CCCC1=O. The van der Waals surface area contributed by atoms with Crippen molar-refractivity contribution in [2.45, 2.75) is 25.3 Å². The highest BCUT2D eigenvalue weighted by molar-refractivity contribution is 5.98. The Labute approximate surface area is 141 Å². The van der Waals surface area contributed by atoms with Gasteiger partial charge in [-0.3, -0.25) is 9.59 Å². The van der Waals surface area contributed by atoms with Gasteiger partial charge in [-0.05, 0) is 24.6 Å². The molecule has 0 radical (unpaired) electrons. The van der Waals surface area contributed by atoms with Gasteiger partial charge in [0.1, 0.15) is 5.75 Å². The van der Waals surface area contributed by atoms with Crippen LogP contribution in [0.1, 0.15) is 19.3 Å². The van der Waals surface area contributed by atoms with Gasteiger partial charge in [-0.25, -0.2) is 0 Å². The van der Waals surface area contributed by atoms with Crippen molar-refractivity contribution in [2.24, 2.45) is 0 Å². The standard InChI is InChI=1S/C17H23N3O4/c1-23-15-5-4-12(9-14(15)20-7-2-3-17(20)22)19-16(21)10-13-11-24-8-6-18-13/h4-5,9,13,18H,2-3,6-8,10-11H2,1H3,(H,19,21). The van der Waals surface area contributed by atoms with Crippen LogP contribution in [0.2, 0.25) is 0 Å². The monoisotopic (exact) mass is 333 g/mol. The molecule has 2 fully saturated rings. The normalized spacial score (nSPS) is 21.0. The number of hydrogen-bond donors (Lipinski definition) is 2. The highest BCUT2D eigenvalue weighted by Gasteiger charge is 2.25. The van der Waals surface area contributed by atoms with Crippen LogP contribution in [-0.4, -0.2) is 51.3 Å². The number of hydrogen-bond acceptors (Lipinski definition) is 5. The van der Waals surface area contributed by atoms with Crippen LogP contribution in [-0.2, 0) is 14.3 Å². The Balaban J connectivity index is 1.69. The zero-order chi connectivity index (χ0) is 16.9. The number of benzene rings is 1. The van der Waals surface area contributed by atoms with Crippen molar-refractivity contribution in [3.05, 3.63) is 18.2 Å². The topological polar surface area (TPSA) is 79.9 Å². The molecular weight excluding hydrogens is 310 g/mol. The molecule has 2 heterocycles. The van der Waals surface area contributed by atoms with Crippen LogP contribution in [0.25, 0.3) is 0 Å². The smallest absolute Gasteiger partial charge is 0.227 e. The average molecular weight is 333 g/mol. The largest absolute Gasteiger partial charge is 0.495 e. The number of carbonyl (C=O) groups excluding carboxylic acids is 2. The highest BCUT2D eigenvalue weighted by atomic mass is 16.5. The summed E-state index contributed by atoms with van der Waals surface area (Å²) in [5, 5.41) is 6.15. The number of ether oxygens (including phenoxy) is 2. The van der Waals surface area contributed by atoms with Gasteiger partial charge >= 0.3 is 0 Å². The third kappa shape index (κ3) is 3.85. The van der Waals surface area contributed by atoms with Crippen molar-refractivity contribution >= 4 is 23.2 Å². The van der Waals surface area contributed by atoms with Gasteiger partial charge in [-0.15, -0.1) is 0 Å². The number of nitrogens with zero attached hydrogens (tertiary/aromatic N) is 1. The van der Waals surface area contributed by atoms with E-state index in [9.17, 15) is 9.59 Å². The molecule has 2 amide bonds. The van der Waals surface area contributed by atoms with Crippen molar-refractivity contribution < 1.29 is 19.1 Å². The Kier molecular flexibility index (Phi) is 5.32. The third-order valence-electron chi connectivity index (χ3n) is 4.26. The number of anilines is 2. The molecule has 1 aromatic rings. The third-order valence-corrected chi connectivity index (χ3v) is 4.26. The Morgan fingerprint density at radius 2 is 2.38 bits per heavy atom. The lowest BCUT2D eigenvalue weighted by atomic mass is 10.2. The summed E-state index contributed by atoms with van der Waals surface area (Å²) in [6, 6.07) is 5.39. The first-order chi connectivity index (χ1) is 11.7. The first kappa shape index (κ1) is 16.7. The van der Waals surface area contributed by atoms with E-state index in [1.807, 2.05) is 0 Å². The average Bonchev–Trinajstić information content (AvgIpc) is 3.01. The second-order valence-corrected chi connectivity index (χ2v) is 6.01. The van der Waals surface area contributed by atoms with E-state index in [0.29, 0.717) is 49.7 Å². The zero-order valence-electron chi connectivity index (χ0n) is 13.8. The van der Waals surface area contributed by atoms with Gasteiger partial charge in [0.15, 0.2) is 0 Å². The molecule has 2 saturated heterocycles. The van der Waals surface area contributed by atoms with Gasteiger partial charge in [0.25, 0.3) is 0 Å². The molecule has 2 aliphatic heterocycles. The quantitative estimate of drug-likeness (QED) is 0.845. The van der Waals surface area contributed by atoms with Crippen LogP contribution in [0.15, 0.2) is 18.2 Å². The number of amides is 2. The summed E-state index contributed by atoms with van der Waals surface area (Å²) >= 11 is 0. The molecule has 2 N–H and O–H groups in total. The number of nitrogens with one attached hydrogen (secondary N) is 2. The van der Waals surface area contributed by atoms with Crippen molar-refractivity contribution in [2.75, 3.05) is 43.6 Å². The lowest BCUT2D eigenvalue weighted by molar-refractivity contribution is -0.118. The van der Waals surface area contributed by atoms with Crippen molar-refractivity contribution in [3.63, 3.8) is 0 Å². The summed E-state index contributed by atoms with van der Waals surface area (Å²) in [4.78, 5) is 25.9. The second-order valence-electron chi connectivity index (χ2n) is 6.01. The highest BCUT2D eigenvalue weighted by Crippen LogP contribution is 2.34. The number of methoxy groups -OCH3 is 1. The van der Waals surface area contributed by atoms with Crippen LogP contribution >= 0.6 is 0 Å². The molecule has 7 heteroatoms. The summed E-state index contributed by atoms with van der Waals surface area (Å²) in [6.45, 7) is 2.67. The maximum absolute atomic E-state index is 12.2. The lowest BCUT2D eigenvalue weighted by Gasteiger charge is -2.23. The Hall–Kier alpha value is -2.12. The molecule has 0 aliphatic carbocycles.